The van der Waals surface area contributed by atoms with Gasteiger partial charge in [0.1, 0.15) is 6.33 Å². The van der Waals surface area contributed by atoms with Crippen LogP contribution in [0.1, 0.15) is 10.4 Å². The number of anilines is 2. The van der Waals surface area contributed by atoms with E-state index in [0.29, 0.717) is 11.4 Å². The van der Waals surface area contributed by atoms with Gasteiger partial charge < -0.3 is 10.0 Å². The quantitative estimate of drug-likeness (QED) is 0.581. The van der Waals surface area contributed by atoms with Crippen LogP contribution in [0.5, 0.6) is 0 Å². The average Bonchev–Trinajstić information content (AvgIpc) is 3.29. The number of thioether (sulfide) groups is 1. The van der Waals surface area contributed by atoms with Gasteiger partial charge in [-0.05, 0) is 46.8 Å². The first-order valence-corrected chi connectivity index (χ1v) is 11.6. The van der Waals surface area contributed by atoms with Crippen LogP contribution >= 0.6 is 11.8 Å². The maximum atomic E-state index is 12.9. The van der Waals surface area contributed by atoms with E-state index in [2.05, 4.69) is 20.2 Å². The number of benzene rings is 2. The first kappa shape index (κ1) is 20.2. The molecule has 0 atom stereocenters. The van der Waals surface area contributed by atoms with Crippen molar-refractivity contribution < 1.29 is 18.3 Å². The summed E-state index contributed by atoms with van der Waals surface area (Å²) in [7, 11) is -3.95. The van der Waals surface area contributed by atoms with Gasteiger partial charge in [-0.3, -0.25) is 4.72 Å². The van der Waals surface area contributed by atoms with Gasteiger partial charge in [0.2, 0.25) is 0 Å². The molecule has 3 aromatic rings. The summed E-state index contributed by atoms with van der Waals surface area (Å²) in [5.41, 5.74) is 1.30. The van der Waals surface area contributed by atoms with Crippen molar-refractivity contribution in [3.05, 3.63) is 54.4 Å². The van der Waals surface area contributed by atoms with E-state index in [1.807, 2.05) is 16.7 Å². The summed E-state index contributed by atoms with van der Waals surface area (Å²) in [6.45, 7) is 1.50. The Labute approximate surface area is 176 Å². The van der Waals surface area contributed by atoms with Gasteiger partial charge in [0.15, 0.2) is 0 Å². The van der Waals surface area contributed by atoms with Crippen LogP contribution < -0.4 is 9.62 Å². The van der Waals surface area contributed by atoms with Crippen molar-refractivity contribution in [2.45, 2.75) is 4.90 Å². The molecule has 30 heavy (non-hydrogen) atoms. The van der Waals surface area contributed by atoms with E-state index in [0.717, 1.165) is 24.6 Å². The number of hydrogen-bond acceptors (Lipinski definition) is 8. The number of nitrogens with zero attached hydrogens (tertiary/aromatic N) is 5. The maximum absolute atomic E-state index is 12.9. The molecular formula is C18H18N6O4S2. The molecular weight excluding hydrogens is 428 g/mol. The molecule has 1 saturated heterocycles. The molecule has 0 saturated carbocycles. The minimum Gasteiger partial charge on any atom is -0.478 e. The number of carboxylic acid groups (broad SMARTS) is 1. The van der Waals surface area contributed by atoms with Crippen molar-refractivity contribution in [1.82, 2.24) is 20.2 Å². The highest BCUT2D eigenvalue weighted by molar-refractivity contribution is 7.99. The highest BCUT2D eigenvalue weighted by atomic mass is 32.2. The van der Waals surface area contributed by atoms with Gasteiger partial charge in [-0.25, -0.2) is 17.9 Å². The van der Waals surface area contributed by atoms with Crippen molar-refractivity contribution in [1.29, 1.82) is 0 Å². The van der Waals surface area contributed by atoms with Crippen LogP contribution in [0.25, 0.3) is 5.69 Å². The van der Waals surface area contributed by atoms with Crippen molar-refractivity contribution in [2.75, 3.05) is 34.2 Å². The lowest BCUT2D eigenvalue weighted by Crippen LogP contribution is -2.33. The number of carbonyl (C=O) groups is 1. The minimum absolute atomic E-state index is 0.00417. The Bertz CT molecular complexity index is 1160. The second-order valence-corrected chi connectivity index (χ2v) is 9.40. The van der Waals surface area contributed by atoms with E-state index in [4.69, 9.17) is 0 Å². The molecule has 0 amide bonds. The number of carboxylic acids is 1. The van der Waals surface area contributed by atoms with Gasteiger partial charge in [0.05, 0.1) is 21.8 Å². The minimum atomic E-state index is -3.95. The molecule has 1 aliphatic rings. The molecule has 2 aromatic carbocycles. The molecule has 0 spiro atoms. The predicted molar refractivity (Wildman–Crippen MR) is 113 cm³/mol. The number of nitrogens with one attached hydrogen (secondary N) is 1. The molecule has 2 N–H and O–H groups in total. The summed E-state index contributed by atoms with van der Waals surface area (Å²) in [6, 6.07) is 10.7. The van der Waals surface area contributed by atoms with Gasteiger partial charge in [0.25, 0.3) is 10.0 Å². The van der Waals surface area contributed by atoms with Crippen LogP contribution in [0.2, 0.25) is 0 Å². The van der Waals surface area contributed by atoms with Crippen molar-refractivity contribution in [2.24, 2.45) is 0 Å². The standard InChI is InChI=1S/C18H18N6O4S2/c25-18(26)16-10-13(4-5-17(16)23-6-8-29-9-7-23)20-30(27,28)15-3-1-2-14(11-15)24-12-19-21-22-24/h1-5,10-12,20H,6-9H2,(H,25,26). The van der Waals surface area contributed by atoms with Gasteiger partial charge in [0, 0.05) is 30.3 Å². The van der Waals surface area contributed by atoms with E-state index < -0.39 is 16.0 Å². The van der Waals surface area contributed by atoms with E-state index in [1.54, 1.807) is 24.3 Å². The van der Waals surface area contributed by atoms with Gasteiger partial charge in [-0.15, -0.1) is 5.10 Å². The predicted octanol–water partition coefficient (Wildman–Crippen LogP) is 1.71. The third-order valence-corrected chi connectivity index (χ3v) is 6.89. The lowest BCUT2D eigenvalue weighted by molar-refractivity contribution is 0.0697. The summed E-state index contributed by atoms with van der Waals surface area (Å²) in [5.74, 6) is 0.737. The van der Waals surface area contributed by atoms with E-state index in [-0.39, 0.29) is 16.1 Å². The van der Waals surface area contributed by atoms with Crippen LogP contribution in [-0.4, -0.2) is 64.3 Å². The van der Waals surface area contributed by atoms with Crippen LogP contribution in [0.15, 0.2) is 53.7 Å². The van der Waals surface area contributed by atoms with E-state index in [1.165, 1.54) is 29.2 Å². The smallest absolute Gasteiger partial charge is 0.337 e. The zero-order valence-electron chi connectivity index (χ0n) is 15.7. The summed E-state index contributed by atoms with van der Waals surface area (Å²) < 4.78 is 29.5. The maximum Gasteiger partial charge on any atom is 0.337 e. The molecule has 0 unspecified atom stereocenters. The molecule has 4 rings (SSSR count). The van der Waals surface area contributed by atoms with Crippen LogP contribution in [-0.2, 0) is 10.0 Å². The first-order chi connectivity index (χ1) is 14.4. The summed E-state index contributed by atoms with van der Waals surface area (Å²) in [6.07, 6.45) is 1.36. The van der Waals surface area contributed by atoms with Crippen LogP contribution in [0.3, 0.4) is 0 Å². The third kappa shape index (κ3) is 4.24. The molecule has 0 radical (unpaired) electrons. The molecule has 0 aliphatic carbocycles. The van der Waals surface area contributed by atoms with Crippen molar-refractivity contribution in [3.63, 3.8) is 0 Å². The molecule has 2 heterocycles. The zero-order valence-corrected chi connectivity index (χ0v) is 17.3. The summed E-state index contributed by atoms with van der Waals surface area (Å²) >= 11 is 1.82. The molecule has 1 aliphatic heterocycles. The zero-order chi connectivity index (χ0) is 21.1. The normalized spacial score (nSPS) is 14.5. The Morgan fingerprint density at radius 1 is 1.13 bits per heavy atom. The van der Waals surface area contributed by atoms with Gasteiger partial charge in [-0.2, -0.15) is 11.8 Å². The fraction of sp³-hybridized carbons (Fsp3) is 0.222. The topological polar surface area (TPSA) is 130 Å². The fourth-order valence-electron chi connectivity index (χ4n) is 3.14. The number of tetrazole rings is 1. The van der Waals surface area contributed by atoms with Crippen molar-refractivity contribution in [3.8, 4) is 5.69 Å². The molecule has 10 nitrogen and oxygen atoms in total. The molecule has 12 heteroatoms. The van der Waals surface area contributed by atoms with Crippen LogP contribution in [0.4, 0.5) is 11.4 Å². The second-order valence-electron chi connectivity index (χ2n) is 6.49. The highest BCUT2D eigenvalue weighted by Gasteiger charge is 2.21. The SMILES string of the molecule is O=C(O)c1cc(NS(=O)(=O)c2cccc(-n3cnnn3)c2)ccc1N1CCSCC1. The first-order valence-electron chi connectivity index (χ1n) is 9.00. The number of rotatable bonds is 6. The molecule has 156 valence electrons. The summed E-state index contributed by atoms with van der Waals surface area (Å²) in [4.78, 5) is 13.8. The lowest BCUT2D eigenvalue weighted by Gasteiger charge is -2.29. The Morgan fingerprint density at radius 2 is 1.93 bits per heavy atom. The number of aromatic carboxylic acids is 1. The Balaban J connectivity index is 1.62. The molecule has 1 fully saturated rings. The molecule has 0 bridgehead atoms. The molecule has 1 aromatic heterocycles. The third-order valence-electron chi connectivity index (χ3n) is 4.57. The number of aromatic nitrogens is 4. The largest absolute Gasteiger partial charge is 0.478 e. The van der Waals surface area contributed by atoms with Gasteiger partial charge >= 0.3 is 5.97 Å². The lowest BCUT2D eigenvalue weighted by atomic mass is 10.1. The monoisotopic (exact) mass is 446 g/mol. The second kappa shape index (κ2) is 8.32. The van der Waals surface area contributed by atoms with Gasteiger partial charge in [-0.1, -0.05) is 6.07 Å². The number of sulfonamides is 1. The highest BCUT2D eigenvalue weighted by Crippen LogP contribution is 2.28. The average molecular weight is 447 g/mol. The van der Waals surface area contributed by atoms with E-state index in [9.17, 15) is 18.3 Å². The van der Waals surface area contributed by atoms with Crippen molar-refractivity contribution >= 4 is 39.1 Å². The number of hydrogen-bond donors (Lipinski definition) is 2. The Kier molecular flexibility index (Phi) is 5.59. The summed E-state index contributed by atoms with van der Waals surface area (Å²) in [5, 5.41) is 20.5. The Hall–Kier alpha value is -3.12. The van der Waals surface area contributed by atoms with Crippen LogP contribution in [0, 0.1) is 0 Å². The fourth-order valence-corrected chi connectivity index (χ4v) is 5.13. The Morgan fingerprint density at radius 3 is 2.63 bits per heavy atom. The van der Waals surface area contributed by atoms with E-state index >= 15 is 0 Å².